The summed E-state index contributed by atoms with van der Waals surface area (Å²) in [4.78, 5) is 0. The topological polar surface area (TPSA) is 44.5 Å². The SMILES string of the molecule is COc1cccc(CC(N)c2ccc(Br)cc2OC)c1. The van der Waals surface area contributed by atoms with Gasteiger partial charge in [-0.15, -0.1) is 0 Å². The van der Waals surface area contributed by atoms with Gasteiger partial charge in [0, 0.05) is 16.1 Å². The van der Waals surface area contributed by atoms with Crippen LogP contribution in [0.25, 0.3) is 0 Å². The normalized spacial score (nSPS) is 12.0. The number of hydrogen-bond donors (Lipinski definition) is 1. The van der Waals surface area contributed by atoms with Crippen LogP contribution in [0.5, 0.6) is 11.5 Å². The molecule has 0 radical (unpaired) electrons. The molecule has 1 atom stereocenters. The highest BCUT2D eigenvalue weighted by molar-refractivity contribution is 9.10. The second kappa shape index (κ2) is 6.77. The Kier molecular flexibility index (Phi) is 5.04. The Labute approximate surface area is 127 Å². The lowest BCUT2D eigenvalue weighted by Gasteiger charge is -2.16. The molecule has 0 aliphatic rings. The van der Waals surface area contributed by atoms with Gasteiger partial charge in [-0.2, -0.15) is 0 Å². The second-order valence-electron chi connectivity index (χ2n) is 4.55. The van der Waals surface area contributed by atoms with E-state index in [-0.39, 0.29) is 6.04 Å². The molecular weight excluding hydrogens is 318 g/mol. The van der Waals surface area contributed by atoms with Gasteiger partial charge in [0.1, 0.15) is 11.5 Å². The van der Waals surface area contributed by atoms with Crippen molar-refractivity contribution in [2.75, 3.05) is 14.2 Å². The lowest BCUT2D eigenvalue weighted by Crippen LogP contribution is -2.14. The fourth-order valence-electron chi connectivity index (χ4n) is 2.15. The summed E-state index contributed by atoms with van der Waals surface area (Å²) in [7, 11) is 3.32. The van der Waals surface area contributed by atoms with Gasteiger partial charge in [0.15, 0.2) is 0 Å². The summed E-state index contributed by atoms with van der Waals surface area (Å²) < 4.78 is 11.6. The summed E-state index contributed by atoms with van der Waals surface area (Å²) in [5.41, 5.74) is 8.45. The van der Waals surface area contributed by atoms with E-state index >= 15 is 0 Å². The Morgan fingerprint density at radius 1 is 1.10 bits per heavy atom. The lowest BCUT2D eigenvalue weighted by atomic mass is 9.99. The lowest BCUT2D eigenvalue weighted by molar-refractivity contribution is 0.405. The first-order valence-electron chi connectivity index (χ1n) is 6.36. The van der Waals surface area contributed by atoms with Crippen molar-refractivity contribution in [3.8, 4) is 11.5 Å². The Bertz CT molecular complexity index is 586. The number of ether oxygens (including phenoxy) is 2. The van der Waals surface area contributed by atoms with Crippen molar-refractivity contribution in [1.82, 2.24) is 0 Å². The van der Waals surface area contributed by atoms with Gasteiger partial charge in [-0.05, 0) is 36.2 Å². The van der Waals surface area contributed by atoms with Crippen molar-refractivity contribution in [2.45, 2.75) is 12.5 Å². The van der Waals surface area contributed by atoms with Gasteiger partial charge in [0.05, 0.1) is 14.2 Å². The van der Waals surface area contributed by atoms with E-state index in [9.17, 15) is 0 Å². The van der Waals surface area contributed by atoms with Crippen LogP contribution in [0, 0.1) is 0 Å². The molecule has 0 saturated carbocycles. The van der Waals surface area contributed by atoms with Gasteiger partial charge in [-0.25, -0.2) is 0 Å². The smallest absolute Gasteiger partial charge is 0.124 e. The highest BCUT2D eigenvalue weighted by Crippen LogP contribution is 2.29. The van der Waals surface area contributed by atoms with Crippen LogP contribution >= 0.6 is 15.9 Å². The first-order chi connectivity index (χ1) is 9.63. The van der Waals surface area contributed by atoms with Crippen LogP contribution in [0.1, 0.15) is 17.2 Å². The number of rotatable bonds is 5. The molecule has 0 aliphatic heterocycles. The zero-order chi connectivity index (χ0) is 14.5. The van der Waals surface area contributed by atoms with Gasteiger partial charge in [-0.3, -0.25) is 0 Å². The zero-order valence-electron chi connectivity index (χ0n) is 11.6. The van der Waals surface area contributed by atoms with Crippen LogP contribution in [0.2, 0.25) is 0 Å². The third kappa shape index (κ3) is 3.52. The summed E-state index contributed by atoms with van der Waals surface area (Å²) in [5, 5.41) is 0. The monoisotopic (exact) mass is 335 g/mol. The van der Waals surface area contributed by atoms with Crippen LogP contribution < -0.4 is 15.2 Å². The van der Waals surface area contributed by atoms with Crippen molar-refractivity contribution >= 4 is 15.9 Å². The molecule has 0 spiro atoms. The molecule has 20 heavy (non-hydrogen) atoms. The Balaban J connectivity index is 2.21. The van der Waals surface area contributed by atoms with E-state index in [2.05, 4.69) is 15.9 Å². The molecular formula is C16H18BrNO2. The van der Waals surface area contributed by atoms with Gasteiger partial charge in [0.25, 0.3) is 0 Å². The van der Waals surface area contributed by atoms with Gasteiger partial charge in [-0.1, -0.05) is 34.1 Å². The van der Waals surface area contributed by atoms with Gasteiger partial charge < -0.3 is 15.2 Å². The van der Waals surface area contributed by atoms with E-state index in [0.717, 1.165) is 33.5 Å². The fraction of sp³-hybridized carbons (Fsp3) is 0.250. The molecule has 0 aromatic heterocycles. The summed E-state index contributed by atoms with van der Waals surface area (Å²) in [6.07, 6.45) is 0.731. The standard InChI is InChI=1S/C16H18BrNO2/c1-19-13-5-3-4-11(8-13)9-15(18)14-7-6-12(17)10-16(14)20-2/h3-8,10,15H,9,18H2,1-2H3. The average Bonchev–Trinajstić information content (AvgIpc) is 2.47. The van der Waals surface area contributed by atoms with Crippen LogP contribution in [-0.4, -0.2) is 14.2 Å². The Morgan fingerprint density at radius 2 is 1.90 bits per heavy atom. The number of halogens is 1. The average molecular weight is 336 g/mol. The molecule has 2 rings (SSSR count). The quantitative estimate of drug-likeness (QED) is 0.905. The molecule has 0 amide bonds. The molecule has 4 heteroatoms. The molecule has 1 unspecified atom stereocenters. The first-order valence-corrected chi connectivity index (χ1v) is 7.15. The minimum absolute atomic E-state index is 0.120. The zero-order valence-corrected chi connectivity index (χ0v) is 13.2. The van der Waals surface area contributed by atoms with Crippen LogP contribution in [-0.2, 0) is 6.42 Å². The summed E-state index contributed by atoms with van der Waals surface area (Å²) >= 11 is 3.43. The van der Waals surface area contributed by atoms with Crippen molar-refractivity contribution < 1.29 is 9.47 Å². The van der Waals surface area contributed by atoms with Crippen molar-refractivity contribution in [3.05, 3.63) is 58.1 Å². The summed E-state index contributed by atoms with van der Waals surface area (Å²) in [5.74, 6) is 1.65. The summed E-state index contributed by atoms with van der Waals surface area (Å²) in [6, 6.07) is 13.7. The summed E-state index contributed by atoms with van der Waals surface area (Å²) in [6.45, 7) is 0. The van der Waals surface area contributed by atoms with E-state index in [0.29, 0.717) is 0 Å². The van der Waals surface area contributed by atoms with Crippen molar-refractivity contribution in [3.63, 3.8) is 0 Å². The third-order valence-electron chi connectivity index (χ3n) is 3.18. The van der Waals surface area contributed by atoms with E-state index in [1.165, 1.54) is 0 Å². The predicted octanol–water partition coefficient (Wildman–Crippen LogP) is 3.71. The molecule has 2 aromatic carbocycles. The molecule has 3 nitrogen and oxygen atoms in total. The molecule has 2 N–H and O–H groups in total. The van der Waals surface area contributed by atoms with E-state index in [1.807, 2.05) is 42.5 Å². The molecule has 2 aromatic rings. The molecule has 0 bridgehead atoms. The minimum Gasteiger partial charge on any atom is -0.497 e. The number of hydrogen-bond acceptors (Lipinski definition) is 3. The number of methoxy groups -OCH3 is 2. The largest absolute Gasteiger partial charge is 0.497 e. The van der Waals surface area contributed by atoms with E-state index in [1.54, 1.807) is 14.2 Å². The third-order valence-corrected chi connectivity index (χ3v) is 3.68. The molecule has 0 fully saturated rings. The molecule has 106 valence electrons. The van der Waals surface area contributed by atoms with Crippen LogP contribution in [0.15, 0.2) is 46.9 Å². The highest BCUT2D eigenvalue weighted by atomic mass is 79.9. The fourth-order valence-corrected chi connectivity index (χ4v) is 2.49. The number of nitrogens with two attached hydrogens (primary N) is 1. The Hall–Kier alpha value is -1.52. The van der Waals surface area contributed by atoms with E-state index in [4.69, 9.17) is 15.2 Å². The Morgan fingerprint density at radius 3 is 2.60 bits per heavy atom. The molecule has 0 aliphatic carbocycles. The highest BCUT2D eigenvalue weighted by Gasteiger charge is 2.13. The minimum atomic E-state index is -0.120. The van der Waals surface area contributed by atoms with Gasteiger partial charge >= 0.3 is 0 Å². The maximum Gasteiger partial charge on any atom is 0.124 e. The van der Waals surface area contributed by atoms with Crippen LogP contribution in [0.4, 0.5) is 0 Å². The van der Waals surface area contributed by atoms with Crippen molar-refractivity contribution in [1.29, 1.82) is 0 Å². The van der Waals surface area contributed by atoms with Crippen molar-refractivity contribution in [2.24, 2.45) is 5.73 Å². The van der Waals surface area contributed by atoms with Crippen LogP contribution in [0.3, 0.4) is 0 Å². The maximum absolute atomic E-state index is 6.31. The van der Waals surface area contributed by atoms with Gasteiger partial charge in [0.2, 0.25) is 0 Å². The van der Waals surface area contributed by atoms with E-state index < -0.39 is 0 Å². The maximum atomic E-state index is 6.31. The number of benzene rings is 2. The second-order valence-corrected chi connectivity index (χ2v) is 5.46. The predicted molar refractivity (Wildman–Crippen MR) is 84.3 cm³/mol. The molecule has 0 saturated heterocycles. The molecule has 0 heterocycles. The first kappa shape index (κ1) is 14.9.